The fourth-order valence-corrected chi connectivity index (χ4v) is 3.43. The van der Waals surface area contributed by atoms with Crippen molar-refractivity contribution in [2.75, 3.05) is 21.1 Å². The van der Waals surface area contributed by atoms with E-state index in [1.807, 2.05) is 18.2 Å². The van der Waals surface area contributed by atoms with Crippen LogP contribution in [0.4, 0.5) is 0 Å². The highest BCUT2D eigenvalue weighted by atomic mass is 127. The van der Waals surface area contributed by atoms with Gasteiger partial charge < -0.3 is 29.1 Å². The molecule has 0 aliphatic rings. The Morgan fingerprint density at radius 3 is 1.64 bits per heavy atom. The molecule has 146 valence electrons. The first-order valence-corrected chi connectivity index (χ1v) is 10.0. The van der Waals surface area contributed by atoms with Crippen LogP contribution in [0.5, 0.6) is 0 Å². The van der Waals surface area contributed by atoms with Crippen LogP contribution in [-0.4, -0.2) is 30.7 Å². The van der Waals surface area contributed by atoms with E-state index in [1.165, 1.54) is 57.8 Å². The summed E-state index contributed by atoms with van der Waals surface area (Å²) in [7, 11) is 6.26. The third-order valence-electron chi connectivity index (χ3n) is 5.22. The summed E-state index contributed by atoms with van der Waals surface area (Å²) in [6.45, 7) is 2.27. The van der Waals surface area contributed by atoms with E-state index in [0.29, 0.717) is 4.48 Å². The van der Waals surface area contributed by atoms with Gasteiger partial charge in [0.25, 0.3) is 0 Å². The summed E-state index contributed by atoms with van der Waals surface area (Å²) in [6, 6.07) is 10.2. The zero-order chi connectivity index (χ0) is 17.9. The number of unbranched alkanes of at least 4 members (excludes halogenated alkanes) is 9. The summed E-state index contributed by atoms with van der Waals surface area (Å²) in [5.41, 5.74) is 0.245. The topological polar surface area (TPSA) is 20.2 Å². The van der Waals surface area contributed by atoms with E-state index in [9.17, 15) is 5.11 Å². The van der Waals surface area contributed by atoms with Gasteiger partial charge in [-0.2, -0.15) is 0 Å². The molecule has 0 bridgehead atoms. The molecule has 0 heterocycles. The summed E-state index contributed by atoms with van der Waals surface area (Å²) in [4.78, 5) is 0. The zero-order valence-electron chi connectivity index (χ0n) is 16.9. The monoisotopic (exact) mass is 461 g/mol. The molecule has 1 atom stereocenters. The minimum Gasteiger partial charge on any atom is -1.00 e. The Morgan fingerprint density at radius 1 is 0.760 bits per heavy atom. The summed E-state index contributed by atoms with van der Waals surface area (Å²) >= 11 is 0. The lowest BCUT2D eigenvalue weighted by Gasteiger charge is -2.42. The maximum absolute atomic E-state index is 11.3. The van der Waals surface area contributed by atoms with Gasteiger partial charge in [-0.05, 0) is 6.42 Å². The van der Waals surface area contributed by atoms with E-state index in [2.05, 4.69) is 40.2 Å². The third-order valence-corrected chi connectivity index (χ3v) is 5.22. The summed E-state index contributed by atoms with van der Waals surface area (Å²) < 4.78 is 0.550. The van der Waals surface area contributed by atoms with Gasteiger partial charge in [-0.1, -0.05) is 95.0 Å². The predicted molar refractivity (Wildman–Crippen MR) is 105 cm³/mol. The van der Waals surface area contributed by atoms with E-state index in [-0.39, 0.29) is 24.0 Å². The maximum atomic E-state index is 11.3. The van der Waals surface area contributed by atoms with Crippen molar-refractivity contribution in [1.29, 1.82) is 0 Å². The molecule has 0 aliphatic heterocycles. The van der Waals surface area contributed by atoms with Gasteiger partial charge in [0.05, 0.1) is 21.1 Å². The highest BCUT2D eigenvalue weighted by Crippen LogP contribution is 2.33. The van der Waals surface area contributed by atoms with Crippen molar-refractivity contribution in [3.63, 3.8) is 0 Å². The van der Waals surface area contributed by atoms with Gasteiger partial charge in [0, 0.05) is 12.0 Å². The Labute approximate surface area is 173 Å². The molecule has 1 N–H and O–H groups in total. The molecule has 1 aromatic rings. The lowest BCUT2D eigenvalue weighted by atomic mass is 9.93. The smallest absolute Gasteiger partial charge is 0.226 e. The van der Waals surface area contributed by atoms with Crippen molar-refractivity contribution < 1.29 is 33.6 Å². The Hall–Kier alpha value is -0.130. The number of halogens is 1. The van der Waals surface area contributed by atoms with Crippen LogP contribution in [0.15, 0.2) is 30.3 Å². The molecule has 0 amide bonds. The van der Waals surface area contributed by atoms with Crippen molar-refractivity contribution in [3.05, 3.63) is 35.9 Å². The fourth-order valence-electron chi connectivity index (χ4n) is 3.43. The summed E-state index contributed by atoms with van der Waals surface area (Å²) in [6.07, 6.45) is 14.1. The van der Waals surface area contributed by atoms with Crippen molar-refractivity contribution in [1.82, 2.24) is 0 Å². The number of hydrogen-bond donors (Lipinski definition) is 1. The normalized spacial score (nSPS) is 14.0. The van der Waals surface area contributed by atoms with Crippen molar-refractivity contribution in [2.45, 2.75) is 83.3 Å². The maximum Gasteiger partial charge on any atom is 0.226 e. The molecular weight excluding hydrogens is 421 g/mol. The van der Waals surface area contributed by atoms with E-state index in [0.717, 1.165) is 18.4 Å². The van der Waals surface area contributed by atoms with E-state index < -0.39 is 5.72 Å². The minimum absolute atomic E-state index is 0. The molecule has 1 rings (SSSR count). The SMILES string of the molecule is CCCCCCCCCCCCC(O)(c1ccccc1)[N+](C)(C)C.[I-]. The second-order valence-electron chi connectivity index (χ2n) is 8.13. The van der Waals surface area contributed by atoms with Crippen LogP contribution in [0, 0.1) is 0 Å². The first-order chi connectivity index (χ1) is 11.4. The van der Waals surface area contributed by atoms with Crippen LogP contribution in [0.25, 0.3) is 0 Å². The molecule has 1 unspecified atom stereocenters. The number of nitrogens with zero attached hydrogens (tertiary/aromatic N) is 1. The molecule has 1 aromatic carbocycles. The van der Waals surface area contributed by atoms with Crippen LogP contribution in [0.3, 0.4) is 0 Å². The Bertz CT molecular complexity index is 429. The first kappa shape index (κ1) is 24.9. The highest BCUT2D eigenvalue weighted by Gasteiger charge is 2.41. The number of benzene rings is 1. The molecule has 25 heavy (non-hydrogen) atoms. The molecule has 0 saturated carbocycles. The summed E-state index contributed by atoms with van der Waals surface area (Å²) in [5, 5.41) is 11.3. The number of hydrogen-bond acceptors (Lipinski definition) is 1. The molecule has 2 nitrogen and oxygen atoms in total. The quantitative estimate of drug-likeness (QED) is 0.207. The lowest BCUT2D eigenvalue weighted by Crippen LogP contribution is -3.00. The average molecular weight is 461 g/mol. The fraction of sp³-hybridized carbons (Fsp3) is 0.727. The second-order valence-corrected chi connectivity index (χ2v) is 8.13. The Kier molecular flexibility index (Phi) is 13.0. The van der Waals surface area contributed by atoms with Crippen LogP contribution in [-0.2, 0) is 5.72 Å². The standard InChI is InChI=1S/C22H40NO.HI/c1-5-6-7-8-9-10-11-12-13-17-20-22(24,23(2,3)4)21-18-15-14-16-19-21;/h14-16,18-19,24H,5-13,17,20H2,1-4H3;1H/q+1;/p-1. The largest absolute Gasteiger partial charge is 1.00 e. The lowest BCUT2D eigenvalue weighted by molar-refractivity contribution is -0.960. The van der Waals surface area contributed by atoms with Gasteiger partial charge in [0.2, 0.25) is 5.72 Å². The Morgan fingerprint density at radius 2 is 1.20 bits per heavy atom. The molecule has 0 aromatic heterocycles. The van der Waals surface area contributed by atoms with Crippen LogP contribution >= 0.6 is 0 Å². The van der Waals surface area contributed by atoms with E-state index in [1.54, 1.807) is 0 Å². The molecule has 0 aliphatic carbocycles. The van der Waals surface area contributed by atoms with E-state index >= 15 is 0 Å². The minimum atomic E-state index is -0.790. The van der Waals surface area contributed by atoms with Crippen LogP contribution in [0.2, 0.25) is 0 Å². The highest BCUT2D eigenvalue weighted by molar-refractivity contribution is 5.19. The summed E-state index contributed by atoms with van der Waals surface area (Å²) in [5.74, 6) is 0. The zero-order valence-corrected chi connectivity index (χ0v) is 19.1. The molecule has 0 fully saturated rings. The molecule has 0 saturated heterocycles. The third kappa shape index (κ3) is 8.87. The van der Waals surface area contributed by atoms with E-state index in [4.69, 9.17) is 0 Å². The molecule has 3 heteroatoms. The number of aliphatic hydroxyl groups is 1. The van der Waals surface area contributed by atoms with Crippen LogP contribution < -0.4 is 24.0 Å². The van der Waals surface area contributed by atoms with Gasteiger partial charge in [0.1, 0.15) is 0 Å². The Balaban J connectivity index is 0.00000576. The van der Waals surface area contributed by atoms with Gasteiger partial charge in [-0.25, -0.2) is 0 Å². The number of rotatable bonds is 13. The van der Waals surface area contributed by atoms with Crippen LogP contribution in [0.1, 0.15) is 83.1 Å². The number of quaternary nitrogens is 1. The van der Waals surface area contributed by atoms with Crippen molar-refractivity contribution >= 4 is 0 Å². The van der Waals surface area contributed by atoms with Gasteiger partial charge >= 0.3 is 0 Å². The predicted octanol–water partition coefficient (Wildman–Crippen LogP) is 2.85. The molecular formula is C22H40INO. The van der Waals surface area contributed by atoms with Gasteiger partial charge in [0.15, 0.2) is 0 Å². The second kappa shape index (κ2) is 13.1. The van der Waals surface area contributed by atoms with Crippen molar-refractivity contribution in [3.8, 4) is 0 Å². The first-order valence-electron chi connectivity index (χ1n) is 10.0. The molecule has 0 radical (unpaired) electrons. The average Bonchev–Trinajstić information content (AvgIpc) is 2.56. The van der Waals surface area contributed by atoms with Gasteiger partial charge in [-0.3, -0.25) is 4.48 Å². The van der Waals surface area contributed by atoms with Crippen molar-refractivity contribution in [2.24, 2.45) is 0 Å². The van der Waals surface area contributed by atoms with Gasteiger partial charge in [-0.15, -0.1) is 0 Å². The molecule has 0 spiro atoms.